The molecular weight excluding hydrogens is 122 g/mol. The van der Waals surface area contributed by atoms with Crippen LogP contribution in [0, 0.1) is 0 Å². The Bertz CT molecular complexity index is 164. The molecule has 0 atom stereocenters. The van der Waals surface area contributed by atoms with Gasteiger partial charge in [0, 0.05) is 13.3 Å². The van der Waals surface area contributed by atoms with Crippen molar-refractivity contribution in [3.63, 3.8) is 0 Å². The number of rotatable bonds is 3. The van der Waals surface area contributed by atoms with Crippen LogP contribution in [-0.4, -0.2) is 13.3 Å². The summed E-state index contributed by atoms with van der Waals surface area (Å²) < 4.78 is 0. The molecule has 0 aliphatic carbocycles. The first kappa shape index (κ1) is 9.15. The van der Waals surface area contributed by atoms with Crippen molar-refractivity contribution in [2.24, 2.45) is 4.99 Å². The zero-order chi connectivity index (χ0) is 7.98. The average Bonchev–Trinajstić information content (AvgIpc) is 1.99. The second-order valence-electron chi connectivity index (χ2n) is 2.09. The van der Waals surface area contributed by atoms with Gasteiger partial charge >= 0.3 is 0 Å². The summed E-state index contributed by atoms with van der Waals surface area (Å²) in [6.07, 6.45) is 4.86. The van der Waals surface area contributed by atoms with Crippen LogP contribution in [0.3, 0.4) is 0 Å². The second kappa shape index (κ2) is 4.98. The smallest absolute Gasteiger partial charge is 0.0280 e. The van der Waals surface area contributed by atoms with Gasteiger partial charge in [0.1, 0.15) is 0 Å². The molecule has 0 fully saturated rings. The molecule has 0 N–H and O–H groups in total. The number of aliphatic imine (C=N–C) groups is 1. The third-order valence-electron chi connectivity index (χ3n) is 1.41. The van der Waals surface area contributed by atoms with Crippen molar-refractivity contribution in [2.75, 3.05) is 7.05 Å². The molecule has 0 rings (SSSR count). The van der Waals surface area contributed by atoms with Gasteiger partial charge in [-0.1, -0.05) is 19.6 Å². The van der Waals surface area contributed by atoms with Gasteiger partial charge in [-0.05, 0) is 24.5 Å². The molecule has 0 bridgehead atoms. The minimum Gasteiger partial charge on any atom is -0.296 e. The minimum absolute atomic E-state index is 0.992. The van der Waals surface area contributed by atoms with Crippen molar-refractivity contribution < 1.29 is 0 Å². The molecule has 10 heavy (non-hydrogen) atoms. The average molecular weight is 137 g/mol. The van der Waals surface area contributed by atoms with Gasteiger partial charge in [0.05, 0.1) is 0 Å². The number of hydrogen-bond acceptors (Lipinski definition) is 1. The van der Waals surface area contributed by atoms with Crippen molar-refractivity contribution in [3.05, 3.63) is 23.8 Å². The van der Waals surface area contributed by atoms with E-state index >= 15 is 0 Å². The summed E-state index contributed by atoms with van der Waals surface area (Å²) in [6, 6.07) is 0. The molecule has 0 aromatic carbocycles. The summed E-state index contributed by atoms with van der Waals surface area (Å²) in [7, 11) is 1.77. The lowest BCUT2D eigenvalue weighted by molar-refractivity contribution is 1.14. The van der Waals surface area contributed by atoms with Gasteiger partial charge in [-0.15, -0.1) is 0 Å². The van der Waals surface area contributed by atoms with E-state index in [-0.39, 0.29) is 0 Å². The van der Waals surface area contributed by atoms with Gasteiger partial charge in [0.25, 0.3) is 0 Å². The normalized spacial score (nSPS) is 12.5. The minimum atomic E-state index is 0.992. The zero-order valence-corrected chi connectivity index (χ0v) is 7.02. The van der Waals surface area contributed by atoms with Crippen LogP contribution in [0.2, 0.25) is 0 Å². The molecular formula is C9H15N. The highest BCUT2D eigenvalue weighted by molar-refractivity contribution is 5.83. The largest absolute Gasteiger partial charge is 0.296 e. The lowest BCUT2D eigenvalue weighted by Crippen LogP contribution is -1.87. The van der Waals surface area contributed by atoms with Crippen LogP contribution >= 0.6 is 0 Å². The number of hydrogen-bond donors (Lipinski definition) is 0. The van der Waals surface area contributed by atoms with Crippen LogP contribution in [0.5, 0.6) is 0 Å². The molecule has 1 heteroatoms. The van der Waals surface area contributed by atoms with Crippen LogP contribution in [0.25, 0.3) is 0 Å². The zero-order valence-electron chi connectivity index (χ0n) is 7.02. The topological polar surface area (TPSA) is 12.4 Å². The summed E-state index contributed by atoms with van der Waals surface area (Å²) in [6.45, 7) is 7.99. The SMILES string of the molecule is C=C(CC)/C(C=NC)=C/C. The fourth-order valence-corrected chi connectivity index (χ4v) is 0.713. The quantitative estimate of drug-likeness (QED) is 0.419. The van der Waals surface area contributed by atoms with E-state index in [1.165, 1.54) is 0 Å². The van der Waals surface area contributed by atoms with Gasteiger partial charge in [-0.25, -0.2) is 0 Å². The fourth-order valence-electron chi connectivity index (χ4n) is 0.713. The third-order valence-corrected chi connectivity index (χ3v) is 1.41. The third kappa shape index (κ3) is 2.62. The standard InChI is InChI=1S/C9H15N/c1-5-8(3)9(6-2)7-10-4/h6-7H,3,5H2,1-2,4H3/b9-6+,10-7?. The van der Waals surface area contributed by atoms with E-state index in [0.29, 0.717) is 0 Å². The van der Waals surface area contributed by atoms with E-state index in [4.69, 9.17) is 0 Å². The maximum Gasteiger partial charge on any atom is 0.0280 e. The monoisotopic (exact) mass is 137 g/mol. The molecule has 0 aromatic rings. The highest BCUT2D eigenvalue weighted by atomic mass is 14.6. The van der Waals surface area contributed by atoms with E-state index < -0.39 is 0 Å². The van der Waals surface area contributed by atoms with E-state index in [2.05, 4.69) is 18.5 Å². The van der Waals surface area contributed by atoms with Crippen molar-refractivity contribution in [2.45, 2.75) is 20.3 Å². The maximum absolute atomic E-state index is 3.92. The van der Waals surface area contributed by atoms with Crippen LogP contribution in [0.1, 0.15) is 20.3 Å². The van der Waals surface area contributed by atoms with E-state index in [0.717, 1.165) is 17.6 Å². The predicted molar refractivity (Wildman–Crippen MR) is 47.6 cm³/mol. The molecule has 0 spiro atoms. The van der Waals surface area contributed by atoms with Gasteiger partial charge < -0.3 is 0 Å². The Morgan fingerprint density at radius 3 is 2.50 bits per heavy atom. The molecule has 0 aliphatic heterocycles. The Kier molecular flexibility index (Phi) is 4.55. The first-order valence-corrected chi connectivity index (χ1v) is 3.52. The van der Waals surface area contributed by atoms with Crippen LogP contribution in [0.15, 0.2) is 28.8 Å². The summed E-state index contributed by atoms with van der Waals surface area (Å²) in [4.78, 5) is 3.92. The van der Waals surface area contributed by atoms with Crippen molar-refractivity contribution >= 4 is 6.21 Å². The van der Waals surface area contributed by atoms with Crippen molar-refractivity contribution in [1.82, 2.24) is 0 Å². The van der Waals surface area contributed by atoms with E-state index in [1.54, 1.807) is 7.05 Å². The molecule has 0 aromatic heterocycles. The Morgan fingerprint density at radius 1 is 1.60 bits per heavy atom. The molecule has 0 radical (unpaired) electrons. The number of allylic oxidation sites excluding steroid dienone is 3. The lowest BCUT2D eigenvalue weighted by Gasteiger charge is -1.99. The van der Waals surface area contributed by atoms with Gasteiger partial charge in [0.15, 0.2) is 0 Å². The molecule has 0 amide bonds. The molecule has 0 unspecified atom stereocenters. The van der Waals surface area contributed by atoms with Crippen molar-refractivity contribution in [1.29, 1.82) is 0 Å². The first-order chi connectivity index (χ1) is 4.76. The molecule has 56 valence electrons. The second-order valence-corrected chi connectivity index (χ2v) is 2.09. The van der Waals surface area contributed by atoms with Gasteiger partial charge in [0.2, 0.25) is 0 Å². The Balaban J connectivity index is 4.23. The van der Waals surface area contributed by atoms with Crippen molar-refractivity contribution in [3.8, 4) is 0 Å². The first-order valence-electron chi connectivity index (χ1n) is 3.52. The highest BCUT2D eigenvalue weighted by Crippen LogP contribution is 2.08. The Morgan fingerprint density at radius 2 is 2.20 bits per heavy atom. The fraction of sp³-hybridized carbons (Fsp3) is 0.444. The lowest BCUT2D eigenvalue weighted by atomic mass is 10.1. The summed E-state index contributed by atoms with van der Waals surface area (Å²) in [5.41, 5.74) is 2.29. The molecule has 1 nitrogen and oxygen atoms in total. The van der Waals surface area contributed by atoms with E-state index in [9.17, 15) is 0 Å². The Labute approximate surface area is 63.2 Å². The summed E-state index contributed by atoms with van der Waals surface area (Å²) in [5.74, 6) is 0. The van der Waals surface area contributed by atoms with Gasteiger partial charge in [-0.3, -0.25) is 4.99 Å². The molecule has 0 heterocycles. The van der Waals surface area contributed by atoms with E-state index in [1.807, 2.05) is 19.2 Å². The Hall–Kier alpha value is -0.850. The summed E-state index contributed by atoms with van der Waals surface area (Å²) in [5, 5.41) is 0. The van der Waals surface area contributed by atoms with Crippen LogP contribution < -0.4 is 0 Å². The molecule has 0 saturated carbocycles. The highest BCUT2D eigenvalue weighted by Gasteiger charge is 1.93. The van der Waals surface area contributed by atoms with Crippen LogP contribution in [0.4, 0.5) is 0 Å². The number of nitrogens with zero attached hydrogens (tertiary/aromatic N) is 1. The molecule has 0 saturated heterocycles. The predicted octanol–water partition coefficient (Wildman–Crippen LogP) is 2.60. The molecule has 0 aliphatic rings. The maximum atomic E-state index is 3.92. The van der Waals surface area contributed by atoms with Crippen LogP contribution in [-0.2, 0) is 0 Å². The summed E-state index contributed by atoms with van der Waals surface area (Å²) >= 11 is 0. The van der Waals surface area contributed by atoms with Gasteiger partial charge in [-0.2, -0.15) is 0 Å².